The Labute approximate surface area is 205 Å². The zero-order valence-electron chi connectivity index (χ0n) is 21.0. The van der Waals surface area contributed by atoms with E-state index in [0.29, 0.717) is 6.61 Å². The molecule has 1 aromatic carbocycles. The van der Waals surface area contributed by atoms with Gasteiger partial charge in [-0.2, -0.15) is 0 Å². The first-order chi connectivity index (χ1) is 16.4. The van der Waals surface area contributed by atoms with Crippen LogP contribution in [0.15, 0.2) is 30.3 Å². The molecular formula is C25H36O10. The van der Waals surface area contributed by atoms with Crippen LogP contribution >= 0.6 is 0 Å². The molecule has 3 aliphatic heterocycles. The Morgan fingerprint density at radius 1 is 0.971 bits per heavy atom. The summed E-state index contributed by atoms with van der Waals surface area (Å²) < 4.78 is 42.1. The van der Waals surface area contributed by atoms with Crippen LogP contribution in [0.3, 0.4) is 0 Å². The zero-order valence-corrected chi connectivity index (χ0v) is 21.0. The first-order valence-corrected chi connectivity index (χ1v) is 12.0. The lowest BCUT2D eigenvalue weighted by atomic mass is 9.92. The fraction of sp³-hybridized carbons (Fsp3) is 0.720. The predicted molar refractivity (Wildman–Crippen MR) is 121 cm³/mol. The van der Waals surface area contributed by atoms with E-state index in [9.17, 15) is 15.0 Å². The summed E-state index contributed by atoms with van der Waals surface area (Å²) in [5.41, 5.74) is 1.01. The molecule has 0 spiro atoms. The lowest BCUT2D eigenvalue weighted by Crippen LogP contribution is -2.67. The number of aliphatic hydroxyl groups excluding tert-OH is 2. The number of ether oxygens (including phenoxy) is 7. The van der Waals surface area contributed by atoms with Crippen LogP contribution in [0.2, 0.25) is 0 Å². The molecule has 3 heterocycles. The average molecular weight is 497 g/mol. The van der Waals surface area contributed by atoms with Crippen molar-refractivity contribution in [1.29, 1.82) is 0 Å². The first-order valence-electron chi connectivity index (χ1n) is 12.0. The highest BCUT2D eigenvalue weighted by Gasteiger charge is 2.62. The van der Waals surface area contributed by atoms with Crippen LogP contribution < -0.4 is 0 Å². The van der Waals surface area contributed by atoms with Gasteiger partial charge in [0.25, 0.3) is 0 Å². The highest BCUT2D eigenvalue weighted by molar-refractivity contribution is 5.66. The molecule has 0 aliphatic carbocycles. The van der Waals surface area contributed by atoms with Crippen LogP contribution in [-0.4, -0.2) is 82.9 Å². The minimum absolute atomic E-state index is 0.362. The van der Waals surface area contributed by atoms with Crippen molar-refractivity contribution in [2.75, 3.05) is 0 Å². The number of esters is 1. The van der Waals surface area contributed by atoms with E-state index < -0.39 is 72.7 Å². The average Bonchev–Trinajstić information content (AvgIpc) is 3.11. The molecule has 1 aromatic rings. The van der Waals surface area contributed by atoms with E-state index in [-0.39, 0.29) is 0 Å². The number of fused-ring (bicyclic) bond motifs is 1. The summed E-state index contributed by atoms with van der Waals surface area (Å²) in [4.78, 5) is 11.7. The fourth-order valence-electron chi connectivity index (χ4n) is 5.06. The van der Waals surface area contributed by atoms with Crippen molar-refractivity contribution in [3.05, 3.63) is 35.9 Å². The molecule has 0 radical (unpaired) electrons. The smallest absolute Gasteiger partial charge is 0.303 e. The third-order valence-electron chi connectivity index (χ3n) is 6.58. The molecule has 7 unspecified atom stereocenters. The third kappa shape index (κ3) is 5.55. The highest BCUT2D eigenvalue weighted by Crippen LogP contribution is 2.45. The Bertz CT molecular complexity index is 878. The molecule has 3 saturated heterocycles. The molecule has 10 heteroatoms. The maximum Gasteiger partial charge on any atom is 0.303 e. The zero-order chi connectivity index (χ0) is 25.5. The summed E-state index contributed by atoms with van der Waals surface area (Å²) in [6.07, 6.45) is -8.12. The van der Waals surface area contributed by atoms with E-state index in [1.54, 1.807) is 27.7 Å². The molecule has 3 fully saturated rings. The maximum atomic E-state index is 11.7. The molecule has 0 amide bonds. The van der Waals surface area contributed by atoms with Gasteiger partial charge in [0, 0.05) is 6.92 Å². The molecule has 0 bridgehead atoms. The van der Waals surface area contributed by atoms with Crippen molar-refractivity contribution in [2.24, 2.45) is 0 Å². The molecule has 4 rings (SSSR count). The lowest BCUT2D eigenvalue weighted by Gasteiger charge is -2.50. The van der Waals surface area contributed by atoms with Gasteiger partial charge in [0.2, 0.25) is 0 Å². The monoisotopic (exact) mass is 496 g/mol. The highest BCUT2D eigenvalue weighted by atomic mass is 16.8. The van der Waals surface area contributed by atoms with E-state index in [1.165, 1.54) is 6.92 Å². The van der Waals surface area contributed by atoms with Crippen molar-refractivity contribution in [3.8, 4) is 0 Å². The second-order valence-corrected chi connectivity index (χ2v) is 10.00. The van der Waals surface area contributed by atoms with Crippen molar-refractivity contribution in [1.82, 2.24) is 0 Å². The molecular weight excluding hydrogens is 460 g/mol. The van der Waals surface area contributed by atoms with Gasteiger partial charge in [0.1, 0.15) is 30.5 Å². The van der Waals surface area contributed by atoms with Crippen LogP contribution in [0.4, 0.5) is 0 Å². The van der Waals surface area contributed by atoms with Crippen molar-refractivity contribution in [3.63, 3.8) is 0 Å². The number of hydrogen-bond acceptors (Lipinski definition) is 10. The first kappa shape index (κ1) is 26.4. The Balaban J connectivity index is 1.58. The molecule has 196 valence electrons. The third-order valence-corrected chi connectivity index (χ3v) is 6.58. The van der Waals surface area contributed by atoms with Crippen molar-refractivity contribution in [2.45, 2.75) is 115 Å². The van der Waals surface area contributed by atoms with Gasteiger partial charge < -0.3 is 43.4 Å². The van der Waals surface area contributed by atoms with Gasteiger partial charge in [-0.15, -0.1) is 0 Å². The second kappa shape index (κ2) is 10.0. The van der Waals surface area contributed by atoms with Gasteiger partial charge in [0.15, 0.2) is 24.0 Å². The van der Waals surface area contributed by atoms with Gasteiger partial charge in [-0.05, 0) is 40.2 Å². The van der Waals surface area contributed by atoms with Gasteiger partial charge in [0.05, 0.1) is 18.8 Å². The normalized spacial score (nSPS) is 42.9. The number of hydrogen-bond donors (Lipinski definition) is 2. The summed E-state index contributed by atoms with van der Waals surface area (Å²) in [5, 5.41) is 20.9. The molecule has 10 atom stereocenters. The van der Waals surface area contributed by atoms with E-state index in [1.807, 2.05) is 37.3 Å². The molecule has 3 aliphatic rings. The summed E-state index contributed by atoms with van der Waals surface area (Å²) in [6.45, 7) is 10.4. The topological polar surface area (TPSA) is 122 Å². The van der Waals surface area contributed by atoms with Gasteiger partial charge >= 0.3 is 5.97 Å². The number of carbonyl (C=O) groups is 1. The molecule has 0 saturated carbocycles. The van der Waals surface area contributed by atoms with Gasteiger partial charge in [-0.25, -0.2) is 0 Å². The quantitative estimate of drug-likeness (QED) is 0.562. The number of rotatable bonds is 6. The van der Waals surface area contributed by atoms with Crippen molar-refractivity contribution >= 4 is 5.97 Å². The van der Waals surface area contributed by atoms with E-state index in [0.717, 1.165) is 5.56 Å². The van der Waals surface area contributed by atoms with Crippen LogP contribution in [0.25, 0.3) is 0 Å². The van der Waals surface area contributed by atoms with Crippen LogP contribution in [0, 0.1) is 0 Å². The summed E-state index contributed by atoms with van der Waals surface area (Å²) >= 11 is 0. The SMILES string of the molecule is CC(=O)O[C@H]1C(C)O[C@H](O)C(O)C1OC1(C)OC(C)[C@H](OCc2ccccc2)C2OC(C)(C)OC21. The largest absolute Gasteiger partial charge is 0.457 e. The standard InChI is InChI=1S/C25H36O10/c1-13-19(31-15(3)26)20(17(27)23(28)30-13)34-25(6)22-21(33-24(4,5)35-22)18(14(2)32-25)29-12-16-10-8-7-9-11-16/h7-11,13-14,17-23,27-28H,12H2,1-6H3/t13?,14?,17?,18-,19-,20?,21?,22?,23-,25?/m0/s1. The Morgan fingerprint density at radius 2 is 1.66 bits per heavy atom. The van der Waals surface area contributed by atoms with Gasteiger partial charge in [-0.3, -0.25) is 4.79 Å². The van der Waals surface area contributed by atoms with E-state index in [2.05, 4.69) is 0 Å². The van der Waals surface area contributed by atoms with Crippen molar-refractivity contribution < 1.29 is 48.2 Å². The lowest BCUT2D eigenvalue weighted by molar-refractivity contribution is -0.384. The minimum Gasteiger partial charge on any atom is -0.457 e. The van der Waals surface area contributed by atoms with Crippen LogP contribution in [0.1, 0.15) is 47.1 Å². The summed E-state index contributed by atoms with van der Waals surface area (Å²) in [6, 6.07) is 9.78. The molecule has 2 N–H and O–H groups in total. The Hall–Kier alpha value is -1.63. The fourth-order valence-corrected chi connectivity index (χ4v) is 5.06. The van der Waals surface area contributed by atoms with Gasteiger partial charge in [-0.1, -0.05) is 30.3 Å². The predicted octanol–water partition coefficient (Wildman–Crippen LogP) is 1.64. The molecule has 0 aromatic heterocycles. The van der Waals surface area contributed by atoms with E-state index in [4.69, 9.17) is 33.2 Å². The van der Waals surface area contributed by atoms with Crippen LogP contribution in [0.5, 0.6) is 0 Å². The van der Waals surface area contributed by atoms with E-state index >= 15 is 0 Å². The van der Waals surface area contributed by atoms with Crippen LogP contribution in [-0.2, 0) is 44.6 Å². The minimum atomic E-state index is -1.53. The Morgan fingerprint density at radius 3 is 2.31 bits per heavy atom. The Kier molecular flexibility index (Phi) is 7.57. The molecule has 35 heavy (non-hydrogen) atoms. The molecule has 10 nitrogen and oxygen atoms in total. The number of aliphatic hydroxyl groups is 2. The summed E-state index contributed by atoms with van der Waals surface area (Å²) in [7, 11) is 0. The summed E-state index contributed by atoms with van der Waals surface area (Å²) in [5.74, 6) is -2.94. The number of benzene rings is 1. The maximum absolute atomic E-state index is 11.7. The number of carbonyl (C=O) groups excluding carboxylic acids is 1. The second-order valence-electron chi connectivity index (χ2n) is 10.00.